The molecular formula is C13H25NO3. The van der Waals surface area contributed by atoms with E-state index in [9.17, 15) is 9.90 Å². The Kier molecular flexibility index (Phi) is 6.70. The van der Waals surface area contributed by atoms with Crippen molar-refractivity contribution in [3.8, 4) is 0 Å². The van der Waals surface area contributed by atoms with Gasteiger partial charge in [-0.05, 0) is 19.9 Å². The average Bonchev–Trinajstić information content (AvgIpc) is 2.30. The van der Waals surface area contributed by atoms with Crippen LogP contribution in [0.2, 0.25) is 0 Å². The predicted molar refractivity (Wildman–Crippen MR) is 67.0 cm³/mol. The van der Waals surface area contributed by atoms with Crippen molar-refractivity contribution in [1.82, 2.24) is 4.90 Å². The Hall–Kier alpha value is -0.450. The molecule has 0 spiro atoms. The lowest BCUT2D eigenvalue weighted by Gasteiger charge is -2.24. The van der Waals surface area contributed by atoms with Crippen molar-refractivity contribution in [2.75, 3.05) is 33.9 Å². The monoisotopic (exact) mass is 243 g/mol. The number of likely N-dealkylation sites (N-methyl/N-ethyl adjacent to an activating group) is 1. The molecule has 1 N–H and O–H groups in total. The molecule has 1 unspecified atom stereocenters. The first kappa shape index (κ1) is 14.6. The van der Waals surface area contributed by atoms with Crippen LogP contribution in [0, 0.1) is 5.92 Å². The van der Waals surface area contributed by atoms with E-state index in [0.29, 0.717) is 25.5 Å². The maximum atomic E-state index is 12.0. The van der Waals surface area contributed by atoms with Gasteiger partial charge in [0.25, 0.3) is 0 Å². The fourth-order valence-electron chi connectivity index (χ4n) is 2.49. The van der Waals surface area contributed by atoms with Gasteiger partial charge in [0.1, 0.15) is 5.78 Å². The SMILES string of the molecule is COCC(O)CN(C)CC(=O)C1CCCCC1. The van der Waals surface area contributed by atoms with Gasteiger partial charge in [0.05, 0.1) is 19.3 Å². The minimum absolute atomic E-state index is 0.255. The van der Waals surface area contributed by atoms with Crippen LogP contribution >= 0.6 is 0 Å². The summed E-state index contributed by atoms with van der Waals surface area (Å²) in [7, 11) is 3.44. The number of aliphatic hydroxyl groups excluding tert-OH is 1. The van der Waals surface area contributed by atoms with Crippen molar-refractivity contribution in [2.24, 2.45) is 5.92 Å². The molecule has 1 aliphatic rings. The van der Waals surface area contributed by atoms with E-state index >= 15 is 0 Å². The lowest BCUT2D eigenvalue weighted by atomic mass is 9.86. The molecule has 4 nitrogen and oxygen atoms in total. The van der Waals surface area contributed by atoms with E-state index in [1.807, 2.05) is 11.9 Å². The molecule has 0 radical (unpaired) electrons. The van der Waals surface area contributed by atoms with E-state index in [0.717, 1.165) is 12.8 Å². The fraction of sp³-hybridized carbons (Fsp3) is 0.923. The van der Waals surface area contributed by atoms with E-state index in [1.54, 1.807) is 7.11 Å². The summed E-state index contributed by atoms with van der Waals surface area (Å²) in [5, 5.41) is 9.56. The molecule has 0 amide bonds. The van der Waals surface area contributed by atoms with Gasteiger partial charge in [-0.25, -0.2) is 0 Å². The number of ketones is 1. The second-order valence-electron chi connectivity index (χ2n) is 5.11. The van der Waals surface area contributed by atoms with E-state index in [-0.39, 0.29) is 5.92 Å². The Morgan fingerprint density at radius 2 is 2.06 bits per heavy atom. The standard InChI is InChI=1S/C13H25NO3/c1-14(8-12(15)10-17-2)9-13(16)11-6-4-3-5-7-11/h11-12,15H,3-10H2,1-2H3. The molecule has 1 rings (SSSR count). The van der Waals surface area contributed by atoms with Crippen molar-refractivity contribution >= 4 is 5.78 Å². The molecule has 0 aromatic rings. The zero-order valence-corrected chi connectivity index (χ0v) is 11.0. The maximum absolute atomic E-state index is 12.0. The topological polar surface area (TPSA) is 49.8 Å². The fourth-order valence-corrected chi connectivity index (χ4v) is 2.49. The van der Waals surface area contributed by atoms with Crippen molar-refractivity contribution in [1.29, 1.82) is 0 Å². The number of aliphatic hydroxyl groups is 1. The van der Waals surface area contributed by atoms with Gasteiger partial charge in [-0.2, -0.15) is 0 Å². The first-order chi connectivity index (χ1) is 8.13. The second-order valence-corrected chi connectivity index (χ2v) is 5.11. The van der Waals surface area contributed by atoms with Crippen molar-refractivity contribution < 1.29 is 14.6 Å². The number of hydrogen-bond donors (Lipinski definition) is 1. The minimum atomic E-state index is -0.510. The van der Waals surface area contributed by atoms with Gasteiger partial charge in [-0.1, -0.05) is 19.3 Å². The van der Waals surface area contributed by atoms with Crippen LogP contribution < -0.4 is 0 Å². The molecule has 0 heterocycles. The van der Waals surface area contributed by atoms with Crippen LogP contribution in [-0.2, 0) is 9.53 Å². The maximum Gasteiger partial charge on any atom is 0.149 e. The number of carbonyl (C=O) groups excluding carboxylic acids is 1. The van der Waals surface area contributed by atoms with Crippen LogP contribution in [0.5, 0.6) is 0 Å². The number of methoxy groups -OCH3 is 1. The van der Waals surface area contributed by atoms with Gasteiger partial charge >= 0.3 is 0 Å². The molecule has 0 saturated heterocycles. The molecular weight excluding hydrogens is 218 g/mol. The molecule has 0 aromatic heterocycles. The molecule has 1 aliphatic carbocycles. The number of hydrogen-bond acceptors (Lipinski definition) is 4. The van der Waals surface area contributed by atoms with Crippen LogP contribution in [0.1, 0.15) is 32.1 Å². The molecule has 1 atom stereocenters. The Balaban J connectivity index is 2.24. The number of Topliss-reactive ketones (excluding diaryl/α,β-unsaturated/α-hetero) is 1. The third-order valence-corrected chi connectivity index (χ3v) is 3.37. The van der Waals surface area contributed by atoms with Crippen LogP contribution in [0.15, 0.2) is 0 Å². The number of rotatable bonds is 7. The predicted octanol–water partition coefficient (Wildman–Crippen LogP) is 1.07. The molecule has 100 valence electrons. The minimum Gasteiger partial charge on any atom is -0.389 e. The molecule has 4 heteroatoms. The van der Waals surface area contributed by atoms with Gasteiger partial charge in [0, 0.05) is 19.6 Å². The Morgan fingerprint density at radius 1 is 1.41 bits per heavy atom. The van der Waals surface area contributed by atoms with Crippen molar-refractivity contribution in [3.05, 3.63) is 0 Å². The largest absolute Gasteiger partial charge is 0.389 e. The molecule has 0 bridgehead atoms. The second kappa shape index (κ2) is 7.80. The summed E-state index contributed by atoms with van der Waals surface area (Å²) in [6, 6.07) is 0. The Morgan fingerprint density at radius 3 is 2.65 bits per heavy atom. The Bertz CT molecular complexity index is 227. The zero-order chi connectivity index (χ0) is 12.7. The zero-order valence-electron chi connectivity index (χ0n) is 11.0. The first-order valence-electron chi connectivity index (χ1n) is 6.51. The van der Waals surface area contributed by atoms with Gasteiger partial charge in [-0.3, -0.25) is 9.69 Å². The molecule has 1 fully saturated rings. The lowest BCUT2D eigenvalue weighted by Crippen LogP contribution is -2.37. The molecule has 1 saturated carbocycles. The third-order valence-electron chi connectivity index (χ3n) is 3.37. The summed E-state index contributed by atoms with van der Waals surface area (Å²) >= 11 is 0. The molecule has 17 heavy (non-hydrogen) atoms. The Labute approximate surface area is 104 Å². The van der Waals surface area contributed by atoms with Gasteiger partial charge in [-0.15, -0.1) is 0 Å². The average molecular weight is 243 g/mol. The van der Waals surface area contributed by atoms with Crippen LogP contribution in [0.25, 0.3) is 0 Å². The van der Waals surface area contributed by atoms with Crippen molar-refractivity contribution in [2.45, 2.75) is 38.2 Å². The normalized spacial score (nSPS) is 19.5. The highest BCUT2D eigenvalue weighted by molar-refractivity contribution is 5.83. The first-order valence-corrected chi connectivity index (χ1v) is 6.51. The van der Waals surface area contributed by atoms with Gasteiger partial charge in [0.2, 0.25) is 0 Å². The summed E-state index contributed by atoms with van der Waals surface area (Å²) in [6.07, 6.45) is 5.23. The van der Waals surface area contributed by atoms with E-state index < -0.39 is 6.10 Å². The van der Waals surface area contributed by atoms with Gasteiger partial charge < -0.3 is 9.84 Å². The summed E-state index contributed by atoms with van der Waals surface area (Å²) in [5.74, 6) is 0.586. The lowest BCUT2D eigenvalue weighted by molar-refractivity contribution is -0.125. The quantitative estimate of drug-likeness (QED) is 0.727. The number of nitrogens with zero attached hydrogens (tertiary/aromatic N) is 1. The van der Waals surface area contributed by atoms with Crippen LogP contribution in [-0.4, -0.2) is 55.7 Å². The van der Waals surface area contributed by atoms with Gasteiger partial charge in [0.15, 0.2) is 0 Å². The summed E-state index contributed by atoms with van der Waals surface area (Å²) in [6.45, 7) is 1.26. The highest BCUT2D eigenvalue weighted by atomic mass is 16.5. The summed E-state index contributed by atoms with van der Waals surface area (Å²) < 4.78 is 4.86. The van der Waals surface area contributed by atoms with E-state index in [4.69, 9.17) is 4.74 Å². The van der Waals surface area contributed by atoms with E-state index in [2.05, 4.69) is 0 Å². The van der Waals surface area contributed by atoms with E-state index in [1.165, 1.54) is 19.3 Å². The van der Waals surface area contributed by atoms with Crippen LogP contribution in [0.4, 0.5) is 0 Å². The smallest absolute Gasteiger partial charge is 0.149 e. The highest BCUT2D eigenvalue weighted by Crippen LogP contribution is 2.24. The number of carbonyl (C=O) groups is 1. The number of ether oxygens (including phenoxy) is 1. The van der Waals surface area contributed by atoms with Crippen molar-refractivity contribution in [3.63, 3.8) is 0 Å². The third kappa shape index (κ3) is 5.61. The molecule has 0 aromatic carbocycles. The van der Waals surface area contributed by atoms with Crippen LogP contribution in [0.3, 0.4) is 0 Å². The summed E-state index contributed by atoms with van der Waals surface area (Å²) in [5.41, 5.74) is 0. The molecule has 0 aliphatic heterocycles. The highest BCUT2D eigenvalue weighted by Gasteiger charge is 2.22. The summed E-state index contributed by atoms with van der Waals surface area (Å²) in [4.78, 5) is 13.9.